The second-order valence-corrected chi connectivity index (χ2v) is 7.59. The number of benzene rings is 1. The number of carbonyl (C=O) groups excluding carboxylic acids is 1. The maximum absolute atomic E-state index is 12.5. The number of alkyl halides is 1. The first-order chi connectivity index (χ1) is 17.1. The molecule has 4 aromatic heterocycles. The molecule has 0 radical (unpaired) electrons. The lowest BCUT2D eigenvalue weighted by Crippen LogP contribution is -2.17. The Balaban J connectivity index is 1.24. The number of amides is 1. The molecule has 0 aliphatic rings. The third-order valence-corrected chi connectivity index (χ3v) is 5.13. The number of ether oxygens (including phenoxy) is 1. The Morgan fingerprint density at radius 1 is 1.20 bits per heavy atom. The summed E-state index contributed by atoms with van der Waals surface area (Å²) in [6, 6.07) is 9.34. The van der Waals surface area contributed by atoms with Gasteiger partial charge in [-0.2, -0.15) is 4.98 Å². The summed E-state index contributed by atoms with van der Waals surface area (Å²) in [7, 11) is 0. The van der Waals surface area contributed by atoms with Crippen LogP contribution in [-0.2, 0) is 4.79 Å². The molecule has 5 aromatic rings. The Morgan fingerprint density at radius 3 is 2.94 bits per heavy atom. The van der Waals surface area contributed by atoms with Crippen molar-refractivity contribution in [1.29, 1.82) is 0 Å². The Bertz CT molecular complexity index is 1500. The van der Waals surface area contributed by atoms with Crippen LogP contribution in [0.2, 0.25) is 0 Å². The molecule has 0 atom stereocenters. The summed E-state index contributed by atoms with van der Waals surface area (Å²) >= 11 is 0. The zero-order valence-electron chi connectivity index (χ0n) is 18.7. The van der Waals surface area contributed by atoms with E-state index in [1.165, 1.54) is 10.7 Å². The highest BCUT2D eigenvalue weighted by atomic mass is 19.1. The summed E-state index contributed by atoms with van der Waals surface area (Å²) in [6.07, 6.45) is 4.99. The summed E-state index contributed by atoms with van der Waals surface area (Å²) in [6.45, 7) is 1.35. The molecule has 11 nitrogen and oxygen atoms in total. The van der Waals surface area contributed by atoms with E-state index in [9.17, 15) is 9.18 Å². The smallest absolute Gasteiger partial charge is 0.240 e. The normalized spacial score (nSPS) is 11.1. The van der Waals surface area contributed by atoms with Crippen LogP contribution in [0.3, 0.4) is 0 Å². The Kier molecular flexibility index (Phi) is 6.16. The number of rotatable bonds is 9. The van der Waals surface area contributed by atoms with Crippen LogP contribution in [-0.4, -0.2) is 55.5 Å². The minimum Gasteiger partial charge on any atom is -0.473 e. The van der Waals surface area contributed by atoms with Gasteiger partial charge >= 0.3 is 0 Å². The molecule has 1 aromatic carbocycles. The van der Waals surface area contributed by atoms with E-state index in [0.29, 0.717) is 35.4 Å². The number of fused-ring (bicyclic) bond motifs is 2. The standard InChI is InChI=1S/C23H21FN8O3/c1-14-28-21(31-35-14)16-3-2-15-4-7-25-22(17(15)12-16)26-8-5-20(33)29-19-13-18-23(34-11-6-24)27-9-10-32(18)30-19/h2-4,7,9-10,12-13H,5-6,8,11H2,1H3,(H,25,26)(H,29,30,33). The van der Waals surface area contributed by atoms with Crippen molar-refractivity contribution in [2.75, 3.05) is 30.5 Å². The van der Waals surface area contributed by atoms with Crippen molar-refractivity contribution in [1.82, 2.24) is 29.7 Å². The Morgan fingerprint density at radius 2 is 2.11 bits per heavy atom. The molecule has 35 heavy (non-hydrogen) atoms. The topological polar surface area (TPSA) is 132 Å². The SMILES string of the molecule is Cc1nc(-c2ccc3ccnc(NCCC(=O)Nc4cc5c(OCCF)nccn5n4)c3c2)no1. The maximum Gasteiger partial charge on any atom is 0.240 e. The highest BCUT2D eigenvalue weighted by Gasteiger charge is 2.12. The first-order valence-corrected chi connectivity index (χ1v) is 10.9. The van der Waals surface area contributed by atoms with Gasteiger partial charge < -0.3 is 19.9 Å². The average molecular weight is 476 g/mol. The van der Waals surface area contributed by atoms with E-state index in [4.69, 9.17) is 9.26 Å². The minimum atomic E-state index is -0.628. The highest BCUT2D eigenvalue weighted by molar-refractivity contribution is 5.95. The van der Waals surface area contributed by atoms with Crippen LogP contribution in [0.5, 0.6) is 5.88 Å². The van der Waals surface area contributed by atoms with Crippen molar-refractivity contribution >= 4 is 33.8 Å². The van der Waals surface area contributed by atoms with Gasteiger partial charge in [0.2, 0.25) is 23.5 Å². The number of anilines is 2. The van der Waals surface area contributed by atoms with Crippen molar-refractivity contribution in [2.24, 2.45) is 0 Å². The summed E-state index contributed by atoms with van der Waals surface area (Å²) in [5.74, 6) is 1.99. The number of nitrogens with one attached hydrogen (secondary N) is 2. The van der Waals surface area contributed by atoms with Crippen LogP contribution in [0, 0.1) is 6.92 Å². The fourth-order valence-corrected chi connectivity index (χ4v) is 3.57. The molecule has 0 spiro atoms. The van der Waals surface area contributed by atoms with Gasteiger partial charge in [0.25, 0.3) is 0 Å². The molecule has 0 saturated heterocycles. The van der Waals surface area contributed by atoms with Gasteiger partial charge in [-0.15, -0.1) is 5.10 Å². The molecule has 1 amide bonds. The molecule has 2 N–H and O–H groups in total. The van der Waals surface area contributed by atoms with E-state index in [-0.39, 0.29) is 24.8 Å². The lowest BCUT2D eigenvalue weighted by Gasteiger charge is -2.09. The van der Waals surface area contributed by atoms with Gasteiger partial charge in [0.1, 0.15) is 24.6 Å². The summed E-state index contributed by atoms with van der Waals surface area (Å²) in [4.78, 5) is 25.3. The molecule has 0 unspecified atom stereocenters. The average Bonchev–Trinajstić information content (AvgIpc) is 3.48. The molecule has 0 saturated carbocycles. The number of pyridine rings is 1. The van der Waals surface area contributed by atoms with Gasteiger partial charge in [0, 0.05) is 55.5 Å². The maximum atomic E-state index is 12.5. The number of hydrogen-bond donors (Lipinski definition) is 2. The number of hydrogen-bond acceptors (Lipinski definition) is 9. The molecular weight excluding hydrogens is 455 g/mol. The highest BCUT2D eigenvalue weighted by Crippen LogP contribution is 2.27. The molecule has 0 bridgehead atoms. The first-order valence-electron chi connectivity index (χ1n) is 10.9. The van der Waals surface area contributed by atoms with Crippen molar-refractivity contribution in [3.63, 3.8) is 0 Å². The van der Waals surface area contributed by atoms with E-state index >= 15 is 0 Å². The third-order valence-electron chi connectivity index (χ3n) is 5.13. The van der Waals surface area contributed by atoms with Crippen LogP contribution in [0.4, 0.5) is 16.0 Å². The number of nitrogens with zero attached hydrogens (tertiary/aromatic N) is 6. The van der Waals surface area contributed by atoms with E-state index in [0.717, 1.165) is 16.3 Å². The van der Waals surface area contributed by atoms with Gasteiger partial charge in [-0.3, -0.25) is 4.79 Å². The Labute approximate surface area is 198 Å². The molecule has 12 heteroatoms. The lowest BCUT2D eigenvalue weighted by molar-refractivity contribution is -0.116. The minimum absolute atomic E-state index is 0.107. The number of aromatic nitrogens is 6. The third kappa shape index (κ3) is 4.86. The van der Waals surface area contributed by atoms with Gasteiger partial charge in [0.05, 0.1) is 0 Å². The van der Waals surface area contributed by atoms with E-state index in [1.807, 2.05) is 24.3 Å². The van der Waals surface area contributed by atoms with Crippen molar-refractivity contribution in [3.8, 4) is 17.3 Å². The van der Waals surface area contributed by atoms with Crippen LogP contribution in [0.25, 0.3) is 27.7 Å². The zero-order valence-corrected chi connectivity index (χ0v) is 18.7. The molecule has 0 fully saturated rings. The number of carbonyl (C=O) groups is 1. The molecule has 5 rings (SSSR count). The van der Waals surface area contributed by atoms with E-state index in [2.05, 4.69) is 35.8 Å². The number of halogens is 1. The molecular formula is C23H21FN8O3. The fourth-order valence-electron chi connectivity index (χ4n) is 3.57. The predicted octanol–water partition coefficient (Wildman–Crippen LogP) is 3.42. The van der Waals surface area contributed by atoms with Gasteiger partial charge in [-0.25, -0.2) is 18.9 Å². The Hall–Kier alpha value is -4.61. The second-order valence-electron chi connectivity index (χ2n) is 7.59. The molecule has 178 valence electrons. The first kappa shape index (κ1) is 22.2. The van der Waals surface area contributed by atoms with Gasteiger partial charge in [-0.1, -0.05) is 17.3 Å². The monoisotopic (exact) mass is 476 g/mol. The van der Waals surface area contributed by atoms with Crippen molar-refractivity contribution < 1.29 is 18.4 Å². The van der Waals surface area contributed by atoms with Gasteiger partial charge in [0.15, 0.2) is 5.82 Å². The van der Waals surface area contributed by atoms with Crippen LogP contribution < -0.4 is 15.4 Å². The summed E-state index contributed by atoms with van der Waals surface area (Å²) < 4.78 is 24.3. The molecule has 0 aliphatic heterocycles. The van der Waals surface area contributed by atoms with Crippen molar-refractivity contribution in [2.45, 2.75) is 13.3 Å². The predicted molar refractivity (Wildman–Crippen MR) is 126 cm³/mol. The van der Waals surface area contributed by atoms with Gasteiger partial charge in [-0.05, 0) is 17.5 Å². The molecule has 4 heterocycles. The van der Waals surface area contributed by atoms with Crippen LogP contribution in [0.1, 0.15) is 12.3 Å². The largest absolute Gasteiger partial charge is 0.473 e. The fraction of sp³-hybridized carbons (Fsp3) is 0.217. The second kappa shape index (κ2) is 9.71. The van der Waals surface area contributed by atoms with Crippen LogP contribution in [0.15, 0.2) is 53.4 Å². The van der Waals surface area contributed by atoms with Crippen molar-refractivity contribution in [3.05, 3.63) is 54.8 Å². The summed E-state index contributed by atoms with van der Waals surface area (Å²) in [5.41, 5.74) is 1.33. The van der Waals surface area contributed by atoms with Crippen LogP contribution >= 0.6 is 0 Å². The lowest BCUT2D eigenvalue weighted by atomic mass is 10.1. The van der Waals surface area contributed by atoms with E-state index < -0.39 is 6.67 Å². The zero-order chi connectivity index (χ0) is 24.2. The quantitative estimate of drug-likeness (QED) is 0.328. The van der Waals surface area contributed by atoms with E-state index in [1.54, 1.807) is 25.4 Å². The summed E-state index contributed by atoms with van der Waals surface area (Å²) in [5, 5.41) is 16.1. The molecule has 0 aliphatic carbocycles. The number of aryl methyl sites for hydroxylation is 1.